The van der Waals surface area contributed by atoms with Crippen LogP contribution in [-0.2, 0) is 0 Å². The standard InChI is InChI=1S/C12H25N3O/c1-14-7-2-4-12(10-14,11-16)15-8-3-5-13-6-9-15/h13,16H,2-11H2,1H3. The lowest BCUT2D eigenvalue weighted by Crippen LogP contribution is -2.61. The summed E-state index contributed by atoms with van der Waals surface area (Å²) in [7, 11) is 2.17. The SMILES string of the molecule is CN1CCCC(CO)(N2CCCNCC2)C1. The van der Waals surface area contributed by atoms with Gasteiger partial charge in [-0.05, 0) is 39.4 Å². The molecule has 2 fully saturated rings. The predicted molar refractivity (Wildman–Crippen MR) is 65.6 cm³/mol. The minimum atomic E-state index is 0.0268. The number of hydrogen-bond acceptors (Lipinski definition) is 4. The Morgan fingerprint density at radius 1 is 1.19 bits per heavy atom. The van der Waals surface area contributed by atoms with Gasteiger partial charge in [-0.15, -0.1) is 0 Å². The largest absolute Gasteiger partial charge is 0.394 e. The van der Waals surface area contributed by atoms with Crippen molar-refractivity contribution in [2.75, 3.05) is 52.9 Å². The maximum absolute atomic E-state index is 9.81. The molecule has 2 saturated heterocycles. The summed E-state index contributed by atoms with van der Waals surface area (Å²) < 4.78 is 0. The first kappa shape index (κ1) is 12.3. The molecule has 0 bridgehead atoms. The zero-order valence-corrected chi connectivity index (χ0v) is 10.4. The van der Waals surface area contributed by atoms with Gasteiger partial charge in [-0.25, -0.2) is 0 Å². The molecule has 2 rings (SSSR count). The maximum atomic E-state index is 9.81. The van der Waals surface area contributed by atoms with Crippen LogP contribution in [0.2, 0.25) is 0 Å². The van der Waals surface area contributed by atoms with E-state index in [0.717, 1.165) is 39.1 Å². The molecule has 2 heterocycles. The van der Waals surface area contributed by atoms with Crippen LogP contribution >= 0.6 is 0 Å². The smallest absolute Gasteiger partial charge is 0.0628 e. The van der Waals surface area contributed by atoms with Crippen molar-refractivity contribution in [2.45, 2.75) is 24.8 Å². The summed E-state index contributed by atoms with van der Waals surface area (Å²) in [5, 5.41) is 13.2. The minimum absolute atomic E-state index is 0.0268. The fraction of sp³-hybridized carbons (Fsp3) is 1.00. The van der Waals surface area contributed by atoms with Crippen LogP contribution in [0.3, 0.4) is 0 Å². The number of nitrogens with one attached hydrogen (secondary N) is 1. The molecule has 0 aromatic heterocycles. The molecule has 1 atom stereocenters. The van der Waals surface area contributed by atoms with Crippen LogP contribution in [0, 0.1) is 0 Å². The van der Waals surface area contributed by atoms with Crippen molar-refractivity contribution in [3.63, 3.8) is 0 Å². The predicted octanol–water partition coefficient (Wildman–Crippen LogP) is -0.262. The highest BCUT2D eigenvalue weighted by atomic mass is 16.3. The fourth-order valence-electron chi connectivity index (χ4n) is 3.15. The molecule has 1 unspecified atom stereocenters. The second-order valence-electron chi connectivity index (χ2n) is 5.31. The third-order valence-electron chi connectivity index (χ3n) is 4.05. The van der Waals surface area contributed by atoms with E-state index in [1.54, 1.807) is 0 Å². The van der Waals surface area contributed by atoms with E-state index in [1.807, 2.05) is 0 Å². The van der Waals surface area contributed by atoms with Gasteiger partial charge in [-0.2, -0.15) is 0 Å². The van der Waals surface area contributed by atoms with Gasteiger partial charge < -0.3 is 15.3 Å². The second-order valence-corrected chi connectivity index (χ2v) is 5.31. The highest BCUT2D eigenvalue weighted by molar-refractivity contribution is 4.96. The molecular weight excluding hydrogens is 202 g/mol. The Morgan fingerprint density at radius 3 is 2.81 bits per heavy atom. The van der Waals surface area contributed by atoms with Crippen molar-refractivity contribution in [1.29, 1.82) is 0 Å². The number of aliphatic hydroxyl groups excluding tert-OH is 1. The van der Waals surface area contributed by atoms with E-state index in [1.165, 1.54) is 19.4 Å². The summed E-state index contributed by atoms with van der Waals surface area (Å²) in [5.41, 5.74) is 0.0268. The molecule has 0 aromatic rings. The van der Waals surface area contributed by atoms with Crippen LogP contribution in [0.15, 0.2) is 0 Å². The molecular formula is C12H25N3O. The van der Waals surface area contributed by atoms with E-state index in [-0.39, 0.29) is 5.54 Å². The molecule has 16 heavy (non-hydrogen) atoms. The van der Waals surface area contributed by atoms with Crippen molar-refractivity contribution in [2.24, 2.45) is 0 Å². The van der Waals surface area contributed by atoms with Crippen molar-refractivity contribution in [3.8, 4) is 0 Å². The summed E-state index contributed by atoms with van der Waals surface area (Å²) in [4.78, 5) is 4.88. The Hall–Kier alpha value is -0.160. The summed E-state index contributed by atoms with van der Waals surface area (Å²) in [6, 6.07) is 0. The lowest BCUT2D eigenvalue weighted by Gasteiger charge is -2.47. The van der Waals surface area contributed by atoms with E-state index in [2.05, 4.69) is 22.2 Å². The number of aliphatic hydroxyl groups is 1. The molecule has 0 spiro atoms. The topological polar surface area (TPSA) is 38.7 Å². The number of likely N-dealkylation sites (N-methyl/N-ethyl adjacent to an activating group) is 1. The molecule has 0 aliphatic carbocycles. The van der Waals surface area contributed by atoms with E-state index in [0.29, 0.717) is 6.61 Å². The van der Waals surface area contributed by atoms with Crippen molar-refractivity contribution < 1.29 is 5.11 Å². The Labute approximate surface area is 98.6 Å². The van der Waals surface area contributed by atoms with Gasteiger partial charge in [0.15, 0.2) is 0 Å². The Bertz CT molecular complexity index is 216. The molecule has 2 aliphatic heterocycles. The number of rotatable bonds is 2. The summed E-state index contributed by atoms with van der Waals surface area (Å²) in [6.07, 6.45) is 3.56. The highest BCUT2D eigenvalue weighted by Crippen LogP contribution is 2.27. The van der Waals surface area contributed by atoms with Crippen LogP contribution < -0.4 is 5.32 Å². The van der Waals surface area contributed by atoms with Gasteiger partial charge in [0.1, 0.15) is 0 Å². The molecule has 0 saturated carbocycles. The quantitative estimate of drug-likeness (QED) is 0.682. The van der Waals surface area contributed by atoms with Crippen molar-refractivity contribution in [1.82, 2.24) is 15.1 Å². The first-order chi connectivity index (χ1) is 7.77. The lowest BCUT2D eigenvalue weighted by atomic mass is 9.87. The zero-order chi connectivity index (χ0) is 11.4. The molecule has 94 valence electrons. The monoisotopic (exact) mass is 227 g/mol. The number of likely N-dealkylation sites (tertiary alicyclic amines) is 1. The number of nitrogens with zero attached hydrogens (tertiary/aromatic N) is 2. The van der Waals surface area contributed by atoms with Crippen LogP contribution in [0.1, 0.15) is 19.3 Å². The van der Waals surface area contributed by atoms with Crippen LogP contribution in [0.4, 0.5) is 0 Å². The number of hydrogen-bond donors (Lipinski definition) is 2. The molecule has 4 nitrogen and oxygen atoms in total. The van der Waals surface area contributed by atoms with Crippen LogP contribution in [0.25, 0.3) is 0 Å². The van der Waals surface area contributed by atoms with Crippen molar-refractivity contribution in [3.05, 3.63) is 0 Å². The third-order valence-corrected chi connectivity index (χ3v) is 4.05. The second kappa shape index (κ2) is 5.45. The van der Waals surface area contributed by atoms with E-state index in [4.69, 9.17) is 0 Å². The third kappa shape index (κ3) is 2.56. The Balaban J connectivity index is 2.05. The van der Waals surface area contributed by atoms with Gasteiger partial charge in [0.05, 0.1) is 12.1 Å². The van der Waals surface area contributed by atoms with Gasteiger partial charge in [-0.1, -0.05) is 0 Å². The van der Waals surface area contributed by atoms with Gasteiger partial charge in [0.2, 0.25) is 0 Å². The first-order valence-corrected chi connectivity index (χ1v) is 6.52. The maximum Gasteiger partial charge on any atom is 0.0628 e. The van der Waals surface area contributed by atoms with Gasteiger partial charge >= 0.3 is 0 Å². The average molecular weight is 227 g/mol. The Kier molecular flexibility index (Phi) is 4.19. The zero-order valence-electron chi connectivity index (χ0n) is 10.4. The highest BCUT2D eigenvalue weighted by Gasteiger charge is 2.39. The normalized spacial score (nSPS) is 34.9. The summed E-state index contributed by atoms with van der Waals surface area (Å²) in [6.45, 7) is 6.88. The van der Waals surface area contributed by atoms with E-state index < -0.39 is 0 Å². The number of piperidine rings is 1. The van der Waals surface area contributed by atoms with E-state index >= 15 is 0 Å². The van der Waals surface area contributed by atoms with Crippen molar-refractivity contribution >= 4 is 0 Å². The van der Waals surface area contributed by atoms with Crippen LogP contribution in [0.5, 0.6) is 0 Å². The molecule has 0 aromatic carbocycles. The van der Waals surface area contributed by atoms with Gasteiger partial charge in [0, 0.05) is 26.2 Å². The van der Waals surface area contributed by atoms with Gasteiger partial charge in [0.25, 0.3) is 0 Å². The molecule has 0 amide bonds. The molecule has 2 N–H and O–H groups in total. The molecule has 0 radical (unpaired) electrons. The average Bonchev–Trinajstić information content (AvgIpc) is 2.57. The lowest BCUT2D eigenvalue weighted by molar-refractivity contribution is -0.0176. The van der Waals surface area contributed by atoms with Gasteiger partial charge in [-0.3, -0.25) is 4.90 Å². The first-order valence-electron chi connectivity index (χ1n) is 6.52. The Morgan fingerprint density at radius 2 is 2.06 bits per heavy atom. The fourth-order valence-corrected chi connectivity index (χ4v) is 3.15. The minimum Gasteiger partial charge on any atom is -0.394 e. The van der Waals surface area contributed by atoms with Crippen LogP contribution in [-0.4, -0.2) is 73.4 Å². The van der Waals surface area contributed by atoms with E-state index in [9.17, 15) is 5.11 Å². The summed E-state index contributed by atoms with van der Waals surface area (Å²) >= 11 is 0. The molecule has 4 heteroatoms. The molecule has 2 aliphatic rings. The summed E-state index contributed by atoms with van der Waals surface area (Å²) in [5.74, 6) is 0.